The summed E-state index contributed by atoms with van der Waals surface area (Å²) in [5, 5.41) is 9.12. The normalized spacial score (nSPS) is 12.9. The summed E-state index contributed by atoms with van der Waals surface area (Å²) < 4.78 is 4.60. The van der Waals surface area contributed by atoms with Crippen LogP contribution in [-0.4, -0.2) is 24.1 Å². The number of esters is 1. The molecule has 0 aromatic carbocycles. The van der Waals surface area contributed by atoms with E-state index in [1.807, 2.05) is 20.8 Å². The molecule has 92 valence electrons. The van der Waals surface area contributed by atoms with Gasteiger partial charge in [0.25, 0.3) is 0 Å². The van der Waals surface area contributed by atoms with Gasteiger partial charge in [-0.05, 0) is 32.4 Å². The maximum atomic E-state index is 11.0. The highest BCUT2D eigenvalue weighted by atomic mass is 32.2. The van der Waals surface area contributed by atoms with Crippen molar-refractivity contribution in [1.82, 2.24) is 0 Å². The van der Waals surface area contributed by atoms with E-state index in [2.05, 4.69) is 10.8 Å². The van der Waals surface area contributed by atoms with E-state index in [0.717, 1.165) is 18.6 Å². The van der Waals surface area contributed by atoms with E-state index in [0.29, 0.717) is 6.42 Å². The van der Waals surface area contributed by atoms with E-state index in [9.17, 15) is 4.79 Å². The zero-order valence-corrected chi connectivity index (χ0v) is 11.4. The Morgan fingerprint density at radius 1 is 1.56 bits per heavy atom. The van der Waals surface area contributed by atoms with Crippen LogP contribution in [0, 0.1) is 16.7 Å². The fraction of sp³-hybridized carbons (Fsp3) is 0.833. The van der Waals surface area contributed by atoms with Crippen molar-refractivity contribution >= 4 is 17.7 Å². The molecule has 0 aliphatic heterocycles. The SMILES string of the molecule is COC(=O)CC(C)SCCCC(C)(C)C#N. The average Bonchev–Trinajstić information content (AvgIpc) is 2.24. The molecule has 0 aliphatic rings. The zero-order valence-electron chi connectivity index (χ0n) is 10.6. The number of ether oxygens (including phenoxy) is 1. The third-order valence-electron chi connectivity index (χ3n) is 2.33. The molecule has 1 unspecified atom stereocenters. The van der Waals surface area contributed by atoms with Crippen LogP contribution in [0.25, 0.3) is 0 Å². The number of nitriles is 1. The predicted molar refractivity (Wildman–Crippen MR) is 67.2 cm³/mol. The molecule has 0 aliphatic carbocycles. The van der Waals surface area contributed by atoms with Gasteiger partial charge in [-0.2, -0.15) is 17.0 Å². The van der Waals surface area contributed by atoms with Crippen molar-refractivity contribution in [2.24, 2.45) is 5.41 Å². The number of carbonyl (C=O) groups is 1. The summed E-state index contributed by atoms with van der Waals surface area (Å²) in [6.07, 6.45) is 2.38. The Morgan fingerprint density at radius 3 is 2.69 bits per heavy atom. The largest absolute Gasteiger partial charge is 0.469 e. The third-order valence-corrected chi connectivity index (χ3v) is 3.59. The van der Waals surface area contributed by atoms with Crippen molar-refractivity contribution in [3.63, 3.8) is 0 Å². The van der Waals surface area contributed by atoms with E-state index in [1.54, 1.807) is 11.8 Å². The van der Waals surface area contributed by atoms with Gasteiger partial charge in [0.05, 0.1) is 25.0 Å². The van der Waals surface area contributed by atoms with Crippen LogP contribution in [0.15, 0.2) is 0 Å². The molecule has 0 aromatic rings. The maximum Gasteiger partial charge on any atom is 0.306 e. The van der Waals surface area contributed by atoms with Crippen molar-refractivity contribution in [2.45, 2.75) is 45.3 Å². The Bertz CT molecular complexity index is 258. The molecule has 1 atom stereocenters. The van der Waals surface area contributed by atoms with Crippen molar-refractivity contribution in [1.29, 1.82) is 5.26 Å². The molecular weight excluding hydrogens is 222 g/mol. The molecule has 0 fully saturated rings. The van der Waals surface area contributed by atoms with Gasteiger partial charge in [-0.1, -0.05) is 6.92 Å². The van der Waals surface area contributed by atoms with Gasteiger partial charge in [0, 0.05) is 5.25 Å². The second-order valence-corrected chi connectivity index (χ2v) is 6.11. The lowest BCUT2D eigenvalue weighted by molar-refractivity contribution is -0.140. The molecule has 0 aromatic heterocycles. The molecule has 0 radical (unpaired) electrons. The van der Waals surface area contributed by atoms with Gasteiger partial charge >= 0.3 is 5.97 Å². The number of hydrogen-bond donors (Lipinski definition) is 0. The fourth-order valence-electron chi connectivity index (χ4n) is 1.23. The predicted octanol–water partition coefficient (Wildman–Crippen LogP) is 3.00. The van der Waals surface area contributed by atoms with Gasteiger partial charge in [0.15, 0.2) is 0 Å². The van der Waals surface area contributed by atoms with Crippen LogP contribution in [0.5, 0.6) is 0 Å². The molecule has 16 heavy (non-hydrogen) atoms. The maximum absolute atomic E-state index is 11.0. The number of carbonyl (C=O) groups excluding carboxylic acids is 1. The van der Waals surface area contributed by atoms with Gasteiger partial charge in [-0.25, -0.2) is 0 Å². The monoisotopic (exact) mass is 243 g/mol. The first-order valence-electron chi connectivity index (χ1n) is 5.51. The summed E-state index contributed by atoms with van der Waals surface area (Å²) in [5.74, 6) is 0.834. The van der Waals surface area contributed by atoms with Crippen molar-refractivity contribution in [2.75, 3.05) is 12.9 Å². The van der Waals surface area contributed by atoms with Gasteiger partial charge < -0.3 is 4.74 Å². The molecule has 0 N–H and O–H groups in total. The van der Waals surface area contributed by atoms with Crippen LogP contribution < -0.4 is 0 Å². The minimum Gasteiger partial charge on any atom is -0.469 e. The molecule has 0 saturated heterocycles. The van der Waals surface area contributed by atoms with Crippen LogP contribution >= 0.6 is 11.8 Å². The molecule has 0 bridgehead atoms. The van der Waals surface area contributed by atoms with E-state index < -0.39 is 0 Å². The summed E-state index contributed by atoms with van der Waals surface area (Å²) in [4.78, 5) is 11.0. The lowest BCUT2D eigenvalue weighted by atomic mass is 9.90. The van der Waals surface area contributed by atoms with E-state index >= 15 is 0 Å². The first-order chi connectivity index (χ1) is 7.41. The van der Waals surface area contributed by atoms with Gasteiger partial charge in [-0.3, -0.25) is 4.79 Å². The Hall–Kier alpha value is -0.690. The van der Waals surface area contributed by atoms with Crippen molar-refractivity contribution in [3.8, 4) is 6.07 Å². The molecular formula is C12H21NO2S. The number of methoxy groups -OCH3 is 1. The number of hydrogen-bond acceptors (Lipinski definition) is 4. The molecule has 0 amide bonds. The second-order valence-electron chi connectivity index (χ2n) is 4.56. The highest BCUT2D eigenvalue weighted by molar-refractivity contribution is 7.99. The highest BCUT2D eigenvalue weighted by Crippen LogP contribution is 2.23. The van der Waals surface area contributed by atoms with Crippen molar-refractivity contribution < 1.29 is 9.53 Å². The highest BCUT2D eigenvalue weighted by Gasteiger charge is 2.16. The van der Waals surface area contributed by atoms with Crippen LogP contribution in [0.4, 0.5) is 0 Å². The fourth-order valence-corrected chi connectivity index (χ4v) is 2.20. The molecule has 0 heterocycles. The van der Waals surface area contributed by atoms with E-state index in [-0.39, 0.29) is 16.6 Å². The Morgan fingerprint density at radius 2 is 2.19 bits per heavy atom. The number of rotatable bonds is 7. The summed E-state index contributed by atoms with van der Waals surface area (Å²) in [6.45, 7) is 5.93. The Balaban J connectivity index is 3.60. The van der Waals surface area contributed by atoms with Crippen molar-refractivity contribution in [3.05, 3.63) is 0 Å². The Labute approximate surface area is 103 Å². The van der Waals surface area contributed by atoms with Crippen LogP contribution in [-0.2, 0) is 9.53 Å². The summed E-state index contributed by atoms with van der Waals surface area (Å²) >= 11 is 1.76. The molecule has 0 spiro atoms. The first-order valence-corrected chi connectivity index (χ1v) is 6.56. The minimum atomic E-state index is -0.230. The molecule has 0 rings (SSSR count). The van der Waals surface area contributed by atoms with Gasteiger partial charge in [-0.15, -0.1) is 0 Å². The molecule has 0 saturated carbocycles. The Kier molecular flexibility index (Phi) is 7.24. The summed E-state index contributed by atoms with van der Waals surface area (Å²) in [5.41, 5.74) is -0.230. The molecule has 4 heteroatoms. The summed E-state index contributed by atoms with van der Waals surface area (Å²) in [7, 11) is 1.41. The second kappa shape index (κ2) is 7.56. The number of thioether (sulfide) groups is 1. The lowest BCUT2D eigenvalue weighted by Gasteiger charge is -2.15. The number of nitrogens with zero attached hydrogens (tertiary/aromatic N) is 1. The topological polar surface area (TPSA) is 50.1 Å². The quantitative estimate of drug-likeness (QED) is 0.509. The molecule has 3 nitrogen and oxygen atoms in total. The third kappa shape index (κ3) is 7.58. The first kappa shape index (κ1) is 15.3. The van der Waals surface area contributed by atoms with Gasteiger partial charge in [0.1, 0.15) is 0 Å². The van der Waals surface area contributed by atoms with E-state index in [1.165, 1.54) is 7.11 Å². The zero-order chi connectivity index (χ0) is 12.6. The lowest BCUT2D eigenvalue weighted by Crippen LogP contribution is -2.10. The minimum absolute atomic E-state index is 0.155. The average molecular weight is 243 g/mol. The standard InChI is InChI=1S/C12H21NO2S/c1-10(8-11(14)15-4)16-7-5-6-12(2,3)9-13/h10H,5-8H2,1-4H3. The van der Waals surface area contributed by atoms with Gasteiger partial charge in [0.2, 0.25) is 0 Å². The van der Waals surface area contributed by atoms with Crippen LogP contribution in [0.2, 0.25) is 0 Å². The van der Waals surface area contributed by atoms with E-state index in [4.69, 9.17) is 5.26 Å². The van der Waals surface area contributed by atoms with Crippen LogP contribution in [0.1, 0.15) is 40.0 Å². The smallest absolute Gasteiger partial charge is 0.306 e. The summed E-state index contributed by atoms with van der Waals surface area (Å²) in [6, 6.07) is 2.29. The van der Waals surface area contributed by atoms with Crippen LogP contribution in [0.3, 0.4) is 0 Å².